The predicted octanol–water partition coefficient (Wildman–Crippen LogP) is 2.01. The first-order valence-electron chi connectivity index (χ1n) is 8.70. The van der Waals surface area contributed by atoms with Crippen LogP contribution >= 0.6 is 0 Å². The normalized spacial score (nSPS) is 13.9. The molecular formula is C18H21F3N4O2. The molecule has 0 aliphatic carbocycles. The van der Waals surface area contributed by atoms with Gasteiger partial charge in [-0.05, 0) is 30.5 Å². The summed E-state index contributed by atoms with van der Waals surface area (Å²) >= 11 is 0. The van der Waals surface area contributed by atoms with Crippen LogP contribution in [0.4, 0.5) is 19.1 Å². The molecular weight excluding hydrogens is 361 g/mol. The average Bonchev–Trinajstić information content (AvgIpc) is 2.65. The van der Waals surface area contributed by atoms with Gasteiger partial charge in [0.1, 0.15) is 7.11 Å². The minimum atomic E-state index is -4.32. The molecule has 0 amide bonds. The summed E-state index contributed by atoms with van der Waals surface area (Å²) in [6.45, 7) is 1.75. The number of halogens is 3. The molecule has 146 valence electrons. The molecule has 0 bridgehead atoms. The Kier molecular flexibility index (Phi) is 5.69. The number of anilines is 1. The van der Waals surface area contributed by atoms with E-state index in [1.165, 1.54) is 19.2 Å². The van der Waals surface area contributed by atoms with Crippen molar-refractivity contribution in [3.05, 3.63) is 57.0 Å². The minimum Gasteiger partial charge on any atom is -0.411 e. The lowest BCUT2D eigenvalue weighted by atomic mass is 10.1. The molecule has 1 aromatic carbocycles. The molecule has 2 heterocycles. The van der Waals surface area contributed by atoms with E-state index in [0.29, 0.717) is 43.9 Å². The third-order valence-corrected chi connectivity index (χ3v) is 4.45. The van der Waals surface area contributed by atoms with E-state index in [0.717, 1.165) is 34.7 Å². The Labute approximate surface area is 154 Å². The van der Waals surface area contributed by atoms with Crippen LogP contribution < -0.4 is 21.0 Å². The van der Waals surface area contributed by atoms with E-state index in [9.17, 15) is 18.0 Å². The van der Waals surface area contributed by atoms with Crippen molar-refractivity contribution in [2.24, 2.45) is 0 Å². The van der Waals surface area contributed by atoms with E-state index < -0.39 is 11.7 Å². The van der Waals surface area contributed by atoms with E-state index in [4.69, 9.17) is 4.84 Å². The molecule has 0 saturated heterocycles. The van der Waals surface area contributed by atoms with Crippen molar-refractivity contribution >= 4 is 5.95 Å². The van der Waals surface area contributed by atoms with Gasteiger partial charge in [-0.2, -0.15) is 13.2 Å². The highest BCUT2D eigenvalue weighted by Crippen LogP contribution is 2.29. The summed E-state index contributed by atoms with van der Waals surface area (Å²) in [6.07, 6.45) is -2.37. The zero-order valence-electron chi connectivity index (χ0n) is 14.9. The fraction of sp³-hybridized carbons (Fsp3) is 0.444. The number of nitrogens with zero attached hydrogens (tertiary/aromatic N) is 2. The van der Waals surface area contributed by atoms with Crippen molar-refractivity contribution < 1.29 is 18.0 Å². The van der Waals surface area contributed by atoms with Gasteiger partial charge in [0.25, 0.3) is 5.56 Å². The van der Waals surface area contributed by atoms with Crippen molar-refractivity contribution in [3.63, 3.8) is 0 Å². The molecule has 1 aromatic heterocycles. The highest BCUT2D eigenvalue weighted by molar-refractivity contribution is 5.32. The lowest BCUT2D eigenvalue weighted by Crippen LogP contribution is -2.38. The number of rotatable bonds is 6. The summed E-state index contributed by atoms with van der Waals surface area (Å²) in [5.74, 6) is 0.343. The van der Waals surface area contributed by atoms with Gasteiger partial charge in [-0.25, -0.2) is 4.98 Å². The molecule has 0 unspecified atom stereocenters. The van der Waals surface area contributed by atoms with Crippen LogP contribution in [-0.2, 0) is 25.6 Å². The van der Waals surface area contributed by atoms with Gasteiger partial charge in [-0.3, -0.25) is 4.79 Å². The molecule has 0 fully saturated rings. The molecule has 1 aliphatic heterocycles. The molecule has 0 saturated carbocycles. The largest absolute Gasteiger partial charge is 0.416 e. The first-order chi connectivity index (χ1) is 12.9. The van der Waals surface area contributed by atoms with Crippen LogP contribution in [0.25, 0.3) is 0 Å². The fourth-order valence-corrected chi connectivity index (χ4v) is 3.02. The number of hydrogen-bond donors (Lipinski definition) is 2. The van der Waals surface area contributed by atoms with E-state index >= 15 is 0 Å². The van der Waals surface area contributed by atoms with Crippen molar-refractivity contribution in [1.82, 2.24) is 15.0 Å². The molecule has 27 heavy (non-hydrogen) atoms. The Hall–Kier alpha value is -2.55. The van der Waals surface area contributed by atoms with Gasteiger partial charge >= 0.3 is 6.18 Å². The summed E-state index contributed by atoms with van der Waals surface area (Å²) in [5, 5.41) is 6.22. The standard InChI is InChI=1S/C18H21F3N4O2/c1-27-25-16(26)14-11-22-10-8-15(14)24-17(25)23-9-2-3-12-4-6-13(7-5-12)18(19,20)21/h4-7,22H,2-3,8-11H2,1H3,(H,23,24). The minimum absolute atomic E-state index is 0.236. The first-order valence-corrected chi connectivity index (χ1v) is 8.70. The SMILES string of the molecule is COn1c(NCCCc2ccc(C(F)(F)F)cc2)nc2c(c1=O)CNCC2. The highest BCUT2D eigenvalue weighted by Gasteiger charge is 2.29. The van der Waals surface area contributed by atoms with Crippen LogP contribution in [0.3, 0.4) is 0 Å². The summed E-state index contributed by atoms with van der Waals surface area (Å²) in [4.78, 5) is 22.1. The van der Waals surface area contributed by atoms with Gasteiger partial charge in [-0.1, -0.05) is 12.1 Å². The number of nitrogens with one attached hydrogen (secondary N) is 2. The lowest BCUT2D eigenvalue weighted by molar-refractivity contribution is -0.137. The molecule has 3 rings (SSSR count). The second kappa shape index (κ2) is 7.99. The van der Waals surface area contributed by atoms with E-state index in [2.05, 4.69) is 15.6 Å². The average molecular weight is 382 g/mol. The van der Waals surface area contributed by atoms with Crippen LogP contribution in [0.15, 0.2) is 29.1 Å². The van der Waals surface area contributed by atoms with E-state index in [-0.39, 0.29) is 5.56 Å². The number of hydrogen-bond acceptors (Lipinski definition) is 5. The molecule has 6 nitrogen and oxygen atoms in total. The van der Waals surface area contributed by atoms with Gasteiger partial charge in [0.15, 0.2) is 0 Å². The number of aromatic nitrogens is 2. The first kappa shape index (κ1) is 19.2. The Morgan fingerprint density at radius 1 is 1.30 bits per heavy atom. The molecule has 1 aliphatic rings. The van der Waals surface area contributed by atoms with Gasteiger partial charge < -0.3 is 15.5 Å². The molecule has 0 radical (unpaired) electrons. The van der Waals surface area contributed by atoms with Crippen LogP contribution in [0, 0.1) is 0 Å². The summed E-state index contributed by atoms with van der Waals surface area (Å²) < 4.78 is 38.9. The van der Waals surface area contributed by atoms with Crippen molar-refractivity contribution in [2.45, 2.75) is 32.0 Å². The van der Waals surface area contributed by atoms with Crippen LogP contribution in [0.5, 0.6) is 0 Å². The molecule has 9 heteroatoms. The summed E-state index contributed by atoms with van der Waals surface area (Å²) in [7, 11) is 1.40. The predicted molar refractivity (Wildman–Crippen MR) is 94.7 cm³/mol. The highest BCUT2D eigenvalue weighted by atomic mass is 19.4. The molecule has 0 spiro atoms. The maximum absolute atomic E-state index is 12.6. The summed E-state index contributed by atoms with van der Waals surface area (Å²) in [6, 6.07) is 5.14. The van der Waals surface area contributed by atoms with Crippen LogP contribution in [0.2, 0.25) is 0 Å². The van der Waals surface area contributed by atoms with Gasteiger partial charge in [0, 0.05) is 26.1 Å². The van der Waals surface area contributed by atoms with Crippen molar-refractivity contribution in [1.29, 1.82) is 0 Å². The third-order valence-electron chi connectivity index (χ3n) is 4.45. The third kappa shape index (κ3) is 4.41. The number of aryl methyl sites for hydroxylation is 1. The smallest absolute Gasteiger partial charge is 0.411 e. The zero-order chi connectivity index (χ0) is 19.4. The quantitative estimate of drug-likeness (QED) is 0.749. The van der Waals surface area contributed by atoms with Crippen molar-refractivity contribution in [3.8, 4) is 0 Å². The Balaban J connectivity index is 1.61. The van der Waals surface area contributed by atoms with Crippen LogP contribution in [0.1, 0.15) is 28.8 Å². The maximum Gasteiger partial charge on any atom is 0.416 e. The number of alkyl halides is 3. The van der Waals surface area contributed by atoms with Gasteiger partial charge in [-0.15, -0.1) is 4.73 Å². The summed E-state index contributed by atoms with van der Waals surface area (Å²) in [5.41, 5.74) is 1.30. The van der Waals surface area contributed by atoms with Crippen LogP contribution in [-0.4, -0.2) is 29.9 Å². The number of benzene rings is 1. The second-order valence-corrected chi connectivity index (χ2v) is 6.29. The fourth-order valence-electron chi connectivity index (χ4n) is 3.02. The topological polar surface area (TPSA) is 68.2 Å². The van der Waals surface area contributed by atoms with E-state index in [1.807, 2.05) is 0 Å². The number of fused-ring (bicyclic) bond motifs is 1. The van der Waals surface area contributed by atoms with Crippen molar-refractivity contribution in [2.75, 3.05) is 25.5 Å². The zero-order valence-corrected chi connectivity index (χ0v) is 14.9. The Bertz CT molecular complexity index is 847. The monoisotopic (exact) mass is 382 g/mol. The Morgan fingerprint density at radius 3 is 2.70 bits per heavy atom. The Morgan fingerprint density at radius 2 is 2.04 bits per heavy atom. The molecule has 2 aromatic rings. The van der Waals surface area contributed by atoms with Gasteiger partial charge in [0.05, 0.1) is 16.8 Å². The second-order valence-electron chi connectivity index (χ2n) is 6.29. The molecule has 0 atom stereocenters. The molecule has 2 N–H and O–H groups in total. The van der Waals surface area contributed by atoms with E-state index in [1.54, 1.807) is 0 Å². The maximum atomic E-state index is 12.6. The lowest BCUT2D eigenvalue weighted by Gasteiger charge is -2.19. The van der Waals surface area contributed by atoms with Gasteiger partial charge in [0.2, 0.25) is 5.95 Å².